The average Bonchev–Trinajstić information content (AvgIpc) is 2.16. The summed E-state index contributed by atoms with van der Waals surface area (Å²) in [6, 6.07) is 0. The molecule has 0 aromatic heterocycles. The molecule has 1 N–H and O–H groups in total. The van der Waals surface area contributed by atoms with Crippen molar-refractivity contribution in [2.24, 2.45) is 0 Å². The fourth-order valence-corrected chi connectivity index (χ4v) is 1.52. The van der Waals surface area contributed by atoms with Crippen molar-refractivity contribution in [1.82, 2.24) is 0 Å². The number of ether oxygens (including phenoxy) is 2. The van der Waals surface area contributed by atoms with Crippen molar-refractivity contribution in [3.63, 3.8) is 0 Å². The van der Waals surface area contributed by atoms with E-state index in [9.17, 15) is 4.79 Å². The van der Waals surface area contributed by atoms with Crippen LogP contribution in [0.15, 0.2) is 0 Å². The van der Waals surface area contributed by atoms with Gasteiger partial charge in [0.05, 0.1) is 18.5 Å². The number of carboxylic acid groups (broad SMARTS) is 1. The van der Waals surface area contributed by atoms with E-state index in [1.807, 2.05) is 0 Å². The van der Waals surface area contributed by atoms with Gasteiger partial charge in [-0.25, -0.2) is 0 Å². The molecule has 0 amide bonds. The van der Waals surface area contributed by atoms with Gasteiger partial charge < -0.3 is 14.6 Å². The Hall–Kier alpha value is -0.260. The monoisotopic (exact) mass is 222 g/mol. The molecule has 14 heavy (non-hydrogen) atoms. The summed E-state index contributed by atoms with van der Waals surface area (Å²) in [5.41, 5.74) is 0. The van der Waals surface area contributed by atoms with Gasteiger partial charge in [0.1, 0.15) is 0 Å². The van der Waals surface area contributed by atoms with Crippen LogP contribution in [0.4, 0.5) is 0 Å². The van der Waals surface area contributed by atoms with Gasteiger partial charge in [0.2, 0.25) is 0 Å². The molecule has 0 aliphatic heterocycles. The normalized spacial score (nSPS) is 12.7. The van der Waals surface area contributed by atoms with Crippen LogP contribution in [0.25, 0.3) is 0 Å². The minimum Gasteiger partial charge on any atom is -0.480 e. The Kier molecular flexibility index (Phi) is 9.13. The standard InChI is InChI=1S/C9H18O4S/c1-8(9(10)11)14-7-3-4-13-6-5-12-2/h8H,3-7H2,1-2H3,(H,10,11). The summed E-state index contributed by atoms with van der Waals surface area (Å²) in [5.74, 6) is 0.0655. The third-order valence-electron chi connectivity index (χ3n) is 1.58. The number of thioether (sulfide) groups is 1. The maximum absolute atomic E-state index is 10.4. The Labute approximate surface area is 89.0 Å². The van der Waals surface area contributed by atoms with Crippen LogP contribution < -0.4 is 0 Å². The molecule has 0 radical (unpaired) electrons. The molecule has 0 rings (SSSR count). The predicted molar refractivity (Wildman–Crippen MR) is 56.9 cm³/mol. The summed E-state index contributed by atoms with van der Waals surface area (Å²) in [4.78, 5) is 10.4. The number of carbonyl (C=O) groups is 1. The molecule has 0 aliphatic rings. The van der Waals surface area contributed by atoms with Gasteiger partial charge in [0.15, 0.2) is 0 Å². The maximum Gasteiger partial charge on any atom is 0.316 e. The molecule has 0 aromatic carbocycles. The first-order valence-electron chi connectivity index (χ1n) is 4.59. The second-order valence-electron chi connectivity index (χ2n) is 2.81. The molecule has 84 valence electrons. The zero-order valence-corrected chi connectivity index (χ0v) is 9.51. The van der Waals surface area contributed by atoms with Crippen LogP contribution in [-0.2, 0) is 14.3 Å². The fourth-order valence-electron chi connectivity index (χ4n) is 0.737. The smallest absolute Gasteiger partial charge is 0.316 e. The van der Waals surface area contributed by atoms with E-state index in [0.29, 0.717) is 19.8 Å². The molecule has 0 saturated heterocycles. The topological polar surface area (TPSA) is 55.8 Å². The van der Waals surface area contributed by atoms with Gasteiger partial charge in [-0.2, -0.15) is 0 Å². The van der Waals surface area contributed by atoms with Crippen molar-refractivity contribution in [2.75, 3.05) is 32.7 Å². The van der Waals surface area contributed by atoms with Crippen LogP contribution in [0.1, 0.15) is 13.3 Å². The van der Waals surface area contributed by atoms with Crippen molar-refractivity contribution < 1.29 is 19.4 Å². The lowest BCUT2D eigenvalue weighted by molar-refractivity contribution is -0.136. The Bertz CT molecular complexity index is 152. The molecule has 0 heterocycles. The molecule has 0 aliphatic carbocycles. The summed E-state index contributed by atoms with van der Waals surface area (Å²) >= 11 is 1.44. The number of aliphatic carboxylic acids is 1. The molecule has 5 heteroatoms. The van der Waals surface area contributed by atoms with E-state index < -0.39 is 5.97 Å². The van der Waals surface area contributed by atoms with Gasteiger partial charge in [-0.1, -0.05) is 0 Å². The quantitative estimate of drug-likeness (QED) is 0.595. The van der Waals surface area contributed by atoms with Gasteiger partial charge in [-0.3, -0.25) is 4.79 Å². The third kappa shape index (κ3) is 8.34. The molecule has 0 saturated carbocycles. The van der Waals surface area contributed by atoms with E-state index in [-0.39, 0.29) is 5.25 Å². The van der Waals surface area contributed by atoms with E-state index in [4.69, 9.17) is 14.6 Å². The lowest BCUT2D eigenvalue weighted by Gasteiger charge is -2.06. The van der Waals surface area contributed by atoms with Crippen molar-refractivity contribution in [3.05, 3.63) is 0 Å². The zero-order valence-electron chi connectivity index (χ0n) is 8.69. The highest BCUT2D eigenvalue weighted by Gasteiger charge is 2.09. The molecule has 1 unspecified atom stereocenters. The fraction of sp³-hybridized carbons (Fsp3) is 0.889. The van der Waals surface area contributed by atoms with Crippen LogP contribution >= 0.6 is 11.8 Å². The highest BCUT2D eigenvalue weighted by molar-refractivity contribution is 8.00. The largest absolute Gasteiger partial charge is 0.480 e. The molecule has 4 nitrogen and oxygen atoms in total. The van der Waals surface area contributed by atoms with Gasteiger partial charge in [0, 0.05) is 13.7 Å². The van der Waals surface area contributed by atoms with Crippen LogP contribution in [0.5, 0.6) is 0 Å². The summed E-state index contributed by atoms with van der Waals surface area (Å²) in [6.07, 6.45) is 0.881. The number of hydrogen-bond donors (Lipinski definition) is 1. The Balaban J connectivity index is 3.09. The number of methoxy groups -OCH3 is 1. The van der Waals surface area contributed by atoms with Gasteiger partial charge >= 0.3 is 5.97 Å². The Morgan fingerprint density at radius 3 is 2.71 bits per heavy atom. The van der Waals surface area contributed by atoms with E-state index in [0.717, 1.165) is 12.2 Å². The first-order valence-corrected chi connectivity index (χ1v) is 5.64. The maximum atomic E-state index is 10.4. The van der Waals surface area contributed by atoms with Crippen LogP contribution in [0.2, 0.25) is 0 Å². The molecule has 0 spiro atoms. The van der Waals surface area contributed by atoms with E-state index in [1.54, 1.807) is 14.0 Å². The predicted octanol–water partition coefficient (Wildman–Crippen LogP) is 1.25. The molecule has 0 bridgehead atoms. The molecule has 0 fully saturated rings. The number of carboxylic acids is 1. The summed E-state index contributed by atoms with van der Waals surface area (Å²) in [5, 5.41) is 8.26. The zero-order chi connectivity index (χ0) is 10.8. The minimum absolute atomic E-state index is 0.325. The second-order valence-corrected chi connectivity index (χ2v) is 4.26. The first-order chi connectivity index (χ1) is 6.68. The van der Waals surface area contributed by atoms with Crippen molar-refractivity contribution in [3.8, 4) is 0 Å². The van der Waals surface area contributed by atoms with Crippen molar-refractivity contribution in [1.29, 1.82) is 0 Å². The van der Waals surface area contributed by atoms with E-state index >= 15 is 0 Å². The highest BCUT2D eigenvalue weighted by atomic mass is 32.2. The first kappa shape index (κ1) is 13.7. The third-order valence-corrected chi connectivity index (χ3v) is 2.81. The number of hydrogen-bond acceptors (Lipinski definition) is 4. The highest BCUT2D eigenvalue weighted by Crippen LogP contribution is 2.11. The lowest BCUT2D eigenvalue weighted by Crippen LogP contribution is -2.12. The summed E-state index contributed by atoms with van der Waals surface area (Å²) < 4.78 is 10.0. The van der Waals surface area contributed by atoms with Crippen LogP contribution in [0, 0.1) is 0 Å². The summed E-state index contributed by atoms with van der Waals surface area (Å²) in [6.45, 7) is 3.58. The minimum atomic E-state index is -0.754. The molecule has 1 atom stereocenters. The number of rotatable bonds is 9. The Morgan fingerprint density at radius 1 is 1.43 bits per heavy atom. The lowest BCUT2D eigenvalue weighted by atomic mass is 10.5. The average molecular weight is 222 g/mol. The molecular formula is C9H18O4S. The van der Waals surface area contributed by atoms with Gasteiger partial charge in [0.25, 0.3) is 0 Å². The Morgan fingerprint density at radius 2 is 2.14 bits per heavy atom. The van der Waals surface area contributed by atoms with Crippen LogP contribution in [-0.4, -0.2) is 49.0 Å². The molecule has 0 aromatic rings. The van der Waals surface area contributed by atoms with E-state index in [2.05, 4.69) is 0 Å². The van der Waals surface area contributed by atoms with Gasteiger partial charge in [-0.15, -0.1) is 11.8 Å². The van der Waals surface area contributed by atoms with Crippen molar-refractivity contribution in [2.45, 2.75) is 18.6 Å². The van der Waals surface area contributed by atoms with Crippen molar-refractivity contribution >= 4 is 17.7 Å². The molecular weight excluding hydrogens is 204 g/mol. The van der Waals surface area contributed by atoms with Crippen LogP contribution in [0.3, 0.4) is 0 Å². The second kappa shape index (κ2) is 9.30. The van der Waals surface area contributed by atoms with E-state index in [1.165, 1.54) is 11.8 Å². The summed E-state index contributed by atoms with van der Waals surface area (Å²) in [7, 11) is 1.63. The van der Waals surface area contributed by atoms with Gasteiger partial charge in [-0.05, 0) is 19.1 Å². The SMILES string of the molecule is COCCOCCCSC(C)C(=O)O.